The molecule has 1 unspecified atom stereocenters. The smallest absolute Gasteiger partial charge is 0.227 e. The van der Waals surface area contributed by atoms with Crippen molar-refractivity contribution in [2.75, 3.05) is 12.4 Å². The van der Waals surface area contributed by atoms with Crippen molar-refractivity contribution in [3.63, 3.8) is 0 Å². The van der Waals surface area contributed by atoms with Crippen LogP contribution < -0.4 is 5.32 Å². The maximum atomic E-state index is 12.3. The highest BCUT2D eigenvalue weighted by molar-refractivity contribution is 7.10. The van der Waals surface area contributed by atoms with Crippen LogP contribution in [0, 0.1) is 5.41 Å². The molecule has 1 saturated carbocycles. The average Bonchev–Trinajstić information content (AvgIpc) is 3.03. The monoisotopic (exact) mass is 283 g/mol. The van der Waals surface area contributed by atoms with Gasteiger partial charge in [-0.2, -0.15) is 0 Å². The largest absolute Gasteiger partial charge is 0.355 e. The van der Waals surface area contributed by atoms with Crippen molar-refractivity contribution in [1.29, 1.82) is 0 Å². The van der Waals surface area contributed by atoms with Gasteiger partial charge in [0.15, 0.2) is 0 Å². The van der Waals surface area contributed by atoms with E-state index in [2.05, 4.69) is 16.8 Å². The Hall–Kier alpha value is -0.540. The third-order valence-corrected chi connectivity index (χ3v) is 5.81. The molecule has 1 fully saturated rings. The quantitative estimate of drug-likeness (QED) is 0.844. The summed E-state index contributed by atoms with van der Waals surface area (Å²) >= 11 is 7.72. The highest BCUT2D eigenvalue weighted by Gasteiger charge is 2.42. The maximum Gasteiger partial charge on any atom is 0.227 e. The number of amides is 1. The predicted octanol–water partition coefficient (Wildman–Crippen LogP) is 3.30. The topological polar surface area (TPSA) is 29.1 Å². The number of fused-ring (bicyclic) bond motifs is 1. The van der Waals surface area contributed by atoms with Crippen molar-refractivity contribution in [3.8, 4) is 0 Å². The zero-order valence-electron chi connectivity index (χ0n) is 10.4. The van der Waals surface area contributed by atoms with Gasteiger partial charge in [0.25, 0.3) is 0 Å². The van der Waals surface area contributed by atoms with Gasteiger partial charge in [0.05, 0.1) is 5.92 Å². The lowest BCUT2D eigenvalue weighted by molar-refractivity contribution is -0.123. The van der Waals surface area contributed by atoms with Crippen LogP contribution >= 0.6 is 22.9 Å². The van der Waals surface area contributed by atoms with E-state index >= 15 is 0 Å². The molecule has 3 rings (SSSR count). The van der Waals surface area contributed by atoms with Gasteiger partial charge in [-0.25, -0.2) is 0 Å². The zero-order valence-corrected chi connectivity index (χ0v) is 11.9. The second kappa shape index (κ2) is 4.86. The van der Waals surface area contributed by atoms with Crippen LogP contribution in [0.15, 0.2) is 11.4 Å². The number of thiophene rings is 1. The Morgan fingerprint density at radius 1 is 1.56 bits per heavy atom. The van der Waals surface area contributed by atoms with Gasteiger partial charge in [-0.15, -0.1) is 22.9 Å². The number of halogens is 1. The fourth-order valence-electron chi connectivity index (χ4n) is 2.69. The molecule has 1 aromatic heterocycles. The lowest BCUT2D eigenvalue weighted by Crippen LogP contribution is -2.35. The Morgan fingerprint density at radius 3 is 3.11 bits per heavy atom. The summed E-state index contributed by atoms with van der Waals surface area (Å²) in [6, 6.07) is 2.12. The summed E-state index contributed by atoms with van der Waals surface area (Å²) in [5.41, 5.74) is 1.48. The number of alkyl halides is 1. The van der Waals surface area contributed by atoms with Gasteiger partial charge in [0.2, 0.25) is 5.91 Å². The Labute approximate surface area is 117 Å². The summed E-state index contributed by atoms with van der Waals surface area (Å²) in [6.45, 7) is 0.755. The van der Waals surface area contributed by atoms with Crippen LogP contribution in [0.1, 0.15) is 42.0 Å². The van der Waals surface area contributed by atoms with Gasteiger partial charge >= 0.3 is 0 Å². The van der Waals surface area contributed by atoms with E-state index in [4.69, 9.17) is 11.6 Å². The van der Waals surface area contributed by atoms with E-state index in [-0.39, 0.29) is 17.2 Å². The first-order chi connectivity index (χ1) is 8.74. The molecule has 0 aliphatic heterocycles. The summed E-state index contributed by atoms with van der Waals surface area (Å²) in [5, 5.41) is 5.23. The predicted molar refractivity (Wildman–Crippen MR) is 75.4 cm³/mol. The standard InChI is InChI=1S/C14H18ClNOS/c15-8-14(5-6-14)9-16-13(17)11-2-1-3-12-10(11)4-7-18-12/h4,7,11H,1-3,5-6,8-9H2,(H,16,17). The van der Waals surface area contributed by atoms with Crippen LogP contribution in [0.5, 0.6) is 0 Å². The van der Waals surface area contributed by atoms with Crippen LogP contribution in [0.25, 0.3) is 0 Å². The molecule has 1 atom stereocenters. The average molecular weight is 284 g/mol. The Bertz CT molecular complexity index is 452. The second-order valence-corrected chi connectivity index (χ2v) is 6.86. The Kier molecular flexibility index (Phi) is 3.37. The lowest BCUT2D eigenvalue weighted by atomic mass is 9.87. The SMILES string of the molecule is O=C(NCC1(CCl)CC1)C1CCCc2sccc21. The highest BCUT2D eigenvalue weighted by Crippen LogP contribution is 2.46. The zero-order chi connectivity index (χ0) is 12.6. The fraction of sp³-hybridized carbons (Fsp3) is 0.643. The fourth-order valence-corrected chi connectivity index (χ4v) is 4.04. The van der Waals surface area contributed by atoms with Crippen molar-refractivity contribution in [2.45, 2.75) is 38.0 Å². The first-order valence-electron chi connectivity index (χ1n) is 6.64. The minimum Gasteiger partial charge on any atom is -0.355 e. The van der Waals surface area contributed by atoms with Crippen molar-refractivity contribution in [3.05, 3.63) is 21.9 Å². The molecule has 4 heteroatoms. The van der Waals surface area contributed by atoms with Crippen LogP contribution in [0.3, 0.4) is 0 Å². The van der Waals surface area contributed by atoms with Gasteiger partial charge in [0.1, 0.15) is 0 Å². The molecule has 18 heavy (non-hydrogen) atoms. The van der Waals surface area contributed by atoms with Gasteiger partial charge < -0.3 is 5.32 Å². The molecule has 1 aromatic rings. The first-order valence-corrected chi connectivity index (χ1v) is 8.05. The molecule has 0 aromatic carbocycles. The van der Waals surface area contributed by atoms with E-state index in [0.717, 1.165) is 38.6 Å². The molecule has 0 saturated heterocycles. The third kappa shape index (κ3) is 2.30. The number of nitrogens with one attached hydrogen (secondary N) is 1. The molecule has 0 radical (unpaired) electrons. The van der Waals surface area contributed by atoms with E-state index < -0.39 is 0 Å². The summed E-state index contributed by atoms with van der Waals surface area (Å²) in [6.07, 6.45) is 5.58. The molecule has 98 valence electrons. The summed E-state index contributed by atoms with van der Waals surface area (Å²) in [4.78, 5) is 13.7. The van der Waals surface area contributed by atoms with E-state index in [1.54, 1.807) is 11.3 Å². The maximum absolute atomic E-state index is 12.3. The van der Waals surface area contributed by atoms with Crippen LogP contribution in [-0.2, 0) is 11.2 Å². The number of hydrogen-bond acceptors (Lipinski definition) is 2. The third-order valence-electron chi connectivity index (χ3n) is 4.25. The minimum atomic E-state index is 0.0751. The molecule has 1 amide bonds. The number of hydrogen-bond donors (Lipinski definition) is 1. The van der Waals surface area contributed by atoms with E-state index in [9.17, 15) is 4.79 Å². The number of aryl methyl sites for hydroxylation is 1. The molecule has 0 bridgehead atoms. The number of rotatable bonds is 4. The number of carbonyl (C=O) groups excluding carboxylic acids is 1. The summed E-state index contributed by atoms with van der Waals surface area (Å²) in [5.74, 6) is 0.943. The van der Waals surface area contributed by atoms with Crippen molar-refractivity contribution in [2.24, 2.45) is 5.41 Å². The molecule has 2 aliphatic rings. The van der Waals surface area contributed by atoms with E-state index in [0.29, 0.717) is 5.88 Å². The molecule has 0 spiro atoms. The summed E-state index contributed by atoms with van der Waals surface area (Å²) in [7, 11) is 0. The Morgan fingerprint density at radius 2 is 2.39 bits per heavy atom. The summed E-state index contributed by atoms with van der Waals surface area (Å²) < 4.78 is 0. The van der Waals surface area contributed by atoms with Crippen molar-refractivity contribution in [1.82, 2.24) is 5.32 Å². The van der Waals surface area contributed by atoms with Crippen molar-refractivity contribution >= 4 is 28.8 Å². The normalized spacial score (nSPS) is 24.4. The van der Waals surface area contributed by atoms with Crippen LogP contribution in [0.4, 0.5) is 0 Å². The van der Waals surface area contributed by atoms with Crippen LogP contribution in [0.2, 0.25) is 0 Å². The Balaban J connectivity index is 1.64. The first kappa shape index (κ1) is 12.5. The molecule has 1 heterocycles. The minimum absolute atomic E-state index is 0.0751. The van der Waals surface area contributed by atoms with Gasteiger partial charge in [-0.3, -0.25) is 4.79 Å². The highest BCUT2D eigenvalue weighted by atomic mass is 35.5. The number of carbonyl (C=O) groups is 1. The van der Waals surface area contributed by atoms with Crippen LogP contribution in [-0.4, -0.2) is 18.3 Å². The van der Waals surface area contributed by atoms with Gasteiger partial charge in [0, 0.05) is 22.7 Å². The van der Waals surface area contributed by atoms with Gasteiger partial charge in [-0.05, 0) is 49.1 Å². The lowest BCUT2D eigenvalue weighted by Gasteiger charge is -2.23. The van der Waals surface area contributed by atoms with E-state index in [1.807, 2.05) is 0 Å². The molecular formula is C14H18ClNOS. The molecule has 2 nitrogen and oxygen atoms in total. The van der Waals surface area contributed by atoms with E-state index in [1.165, 1.54) is 10.4 Å². The van der Waals surface area contributed by atoms with Crippen molar-refractivity contribution < 1.29 is 4.79 Å². The second-order valence-electron chi connectivity index (χ2n) is 5.60. The van der Waals surface area contributed by atoms with Gasteiger partial charge in [-0.1, -0.05) is 0 Å². The molecule has 1 N–H and O–H groups in total. The molecule has 2 aliphatic carbocycles. The molecular weight excluding hydrogens is 266 g/mol.